The zero-order valence-corrected chi connectivity index (χ0v) is 10.7. The highest BCUT2D eigenvalue weighted by Crippen LogP contribution is 2.20. The van der Waals surface area contributed by atoms with Gasteiger partial charge in [-0.05, 0) is 52.9 Å². The number of halogens is 1. The number of nitrogens with one attached hydrogen (secondary N) is 1. The number of anilines is 1. The van der Waals surface area contributed by atoms with Gasteiger partial charge in [0.1, 0.15) is 5.75 Å². The number of amides is 1. The van der Waals surface area contributed by atoms with Crippen LogP contribution in [0.3, 0.4) is 0 Å². The molecular weight excluding hydrogens is 333 g/mol. The number of nitrogens with zero attached hydrogens (tertiary/aromatic N) is 2. The van der Waals surface area contributed by atoms with Gasteiger partial charge in [-0.1, -0.05) is 0 Å². The van der Waals surface area contributed by atoms with Gasteiger partial charge in [0.25, 0.3) is 5.91 Å². The van der Waals surface area contributed by atoms with Crippen LogP contribution in [0.5, 0.6) is 5.75 Å². The number of aromatic hydroxyl groups is 1. The van der Waals surface area contributed by atoms with Crippen molar-refractivity contribution < 1.29 is 9.90 Å². The van der Waals surface area contributed by atoms with Crippen LogP contribution >= 0.6 is 22.6 Å². The van der Waals surface area contributed by atoms with Gasteiger partial charge in [0.05, 0.1) is 3.57 Å². The van der Waals surface area contributed by atoms with Crippen LogP contribution < -0.4 is 5.32 Å². The number of benzene rings is 1. The molecule has 0 unspecified atom stereocenters. The Morgan fingerprint density at radius 3 is 2.82 bits per heavy atom. The smallest absolute Gasteiger partial charge is 0.256 e. The zero-order valence-electron chi connectivity index (χ0n) is 8.59. The summed E-state index contributed by atoms with van der Waals surface area (Å²) in [5.74, 6) is 0.116. The first kappa shape index (κ1) is 11.8. The third-order valence-corrected chi connectivity index (χ3v) is 2.93. The van der Waals surface area contributed by atoms with Crippen LogP contribution in [0.4, 0.5) is 5.82 Å². The molecule has 0 aliphatic carbocycles. The highest BCUT2D eigenvalue weighted by molar-refractivity contribution is 14.1. The van der Waals surface area contributed by atoms with Crippen LogP contribution in [-0.2, 0) is 0 Å². The third kappa shape index (κ3) is 2.90. The average molecular weight is 341 g/mol. The van der Waals surface area contributed by atoms with E-state index in [1.807, 2.05) is 22.6 Å². The quantitative estimate of drug-likeness (QED) is 0.820. The number of carbonyl (C=O) groups is 1. The van der Waals surface area contributed by atoms with Gasteiger partial charge in [-0.15, -0.1) is 5.10 Å². The molecule has 17 heavy (non-hydrogen) atoms. The van der Waals surface area contributed by atoms with Crippen molar-refractivity contribution in [3.8, 4) is 5.75 Å². The summed E-state index contributed by atoms with van der Waals surface area (Å²) >= 11 is 1.98. The predicted octanol–water partition coefficient (Wildman–Crippen LogP) is 2.04. The van der Waals surface area contributed by atoms with E-state index < -0.39 is 0 Å². The molecule has 0 saturated heterocycles. The lowest BCUT2D eigenvalue weighted by Gasteiger charge is -2.04. The summed E-state index contributed by atoms with van der Waals surface area (Å²) in [4.78, 5) is 11.8. The first-order valence-corrected chi connectivity index (χ1v) is 5.82. The molecule has 1 aromatic heterocycles. The van der Waals surface area contributed by atoms with Gasteiger partial charge in [-0.3, -0.25) is 4.79 Å². The lowest BCUT2D eigenvalue weighted by atomic mass is 10.2. The second-order valence-electron chi connectivity index (χ2n) is 3.23. The first-order chi connectivity index (χ1) is 8.16. The van der Waals surface area contributed by atoms with Crippen LogP contribution in [0.2, 0.25) is 0 Å². The summed E-state index contributed by atoms with van der Waals surface area (Å²) in [6, 6.07) is 8.02. The molecule has 2 rings (SSSR count). The first-order valence-electron chi connectivity index (χ1n) is 4.74. The number of phenolic OH excluding ortho intramolecular Hbond substituents is 1. The number of aromatic nitrogens is 2. The number of rotatable bonds is 2. The highest BCUT2D eigenvalue weighted by Gasteiger charge is 2.08. The monoisotopic (exact) mass is 341 g/mol. The summed E-state index contributed by atoms with van der Waals surface area (Å²) in [5, 5.41) is 19.5. The molecule has 0 atom stereocenters. The van der Waals surface area contributed by atoms with E-state index in [-0.39, 0.29) is 11.7 Å². The number of carbonyl (C=O) groups excluding carboxylic acids is 1. The lowest BCUT2D eigenvalue weighted by molar-refractivity contribution is 0.102. The van der Waals surface area contributed by atoms with Crippen LogP contribution in [-0.4, -0.2) is 21.2 Å². The van der Waals surface area contributed by atoms with Gasteiger partial charge in [-0.25, -0.2) is 0 Å². The minimum absolute atomic E-state index is 0.0809. The van der Waals surface area contributed by atoms with Gasteiger partial charge in [0.15, 0.2) is 5.82 Å². The Labute approximate surface area is 111 Å². The van der Waals surface area contributed by atoms with Crippen molar-refractivity contribution in [2.45, 2.75) is 0 Å². The Hall–Kier alpha value is -1.70. The summed E-state index contributed by atoms with van der Waals surface area (Å²) < 4.78 is 0.693. The molecule has 2 N–H and O–H groups in total. The average Bonchev–Trinajstić information content (AvgIpc) is 2.34. The predicted molar refractivity (Wildman–Crippen MR) is 70.8 cm³/mol. The minimum Gasteiger partial charge on any atom is -0.507 e. The van der Waals surface area contributed by atoms with E-state index in [4.69, 9.17) is 0 Å². The van der Waals surface area contributed by atoms with Crippen LogP contribution in [0.15, 0.2) is 36.5 Å². The fourth-order valence-corrected chi connectivity index (χ4v) is 1.55. The molecule has 5 nitrogen and oxygen atoms in total. The van der Waals surface area contributed by atoms with E-state index in [0.29, 0.717) is 15.0 Å². The lowest BCUT2D eigenvalue weighted by Crippen LogP contribution is -2.13. The number of phenols is 1. The molecule has 1 heterocycles. The molecule has 1 aromatic carbocycles. The molecule has 0 aliphatic heterocycles. The van der Waals surface area contributed by atoms with Crippen LogP contribution in [0, 0.1) is 3.57 Å². The van der Waals surface area contributed by atoms with Crippen LogP contribution in [0.25, 0.3) is 0 Å². The van der Waals surface area contributed by atoms with Crippen molar-refractivity contribution in [2.75, 3.05) is 5.32 Å². The van der Waals surface area contributed by atoms with E-state index >= 15 is 0 Å². The highest BCUT2D eigenvalue weighted by atomic mass is 127. The molecule has 86 valence electrons. The van der Waals surface area contributed by atoms with Gasteiger partial charge >= 0.3 is 0 Å². The topological polar surface area (TPSA) is 75.1 Å². The summed E-state index contributed by atoms with van der Waals surface area (Å²) in [7, 11) is 0. The largest absolute Gasteiger partial charge is 0.507 e. The standard InChI is InChI=1S/C11H8IN3O2/c12-8-4-3-7(6-9(8)16)11(17)14-10-2-1-5-13-15-10/h1-6,16H,(H,14,15,17). The second-order valence-corrected chi connectivity index (χ2v) is 4.39. The van der Waals surface area contributed by atoms with E-state index in [2.05, 4.69) is 15.5 Å². The van der Waals surface area contributed by atoms with Crippen molar-refractivity contribution in [1.29, 1.82) is 0 Å². The van der Waals surface area contributed by atoms with Crippen molar-refractivity contribution >= 4 is 34.3 Å². The second kappa shape index (κ2) is 5.09. The normalized spacial score (nSPS) is 9.94. The summed E-state index contributed by atoms with van der Waals surface area (Å²) in [6.07, 6.45) is 1.52. The SMILES string of the molecule is O=C(Nc1cccnn1)c1ccc(I)c(O)c1. The Morgan fingerprint density at radius 2 is 2.18 bits per heavy atom. The molecule has 0 fully saturated rings. The molecule has 0 radical (unpaired) electrons. The summed E-state index contributed by atoms with van der Waals surface area (Å²) in [5.41, 5.74) is 0.369. The van der Waals surface area contributed by atoms with Gasteiger partial charge < -0.3 is 10.4 Å². The molecular formula is C11H8IN3O2. The maximum Gasteiger partial charge on any atom is 0.256 e. The van der Waals surface area contributed by atoms with Crippen molar-refractivity contribution in [3.63, 3.8) is 0 Å². The van der Waals surface area contributed by atoms with E-state index in [0.717, 1.165) is 0 Å². The van der Waals surface area contributed by atoms with E-state index in [1.165, 1.54) is 12.3 Å². The van der Waals surface area contributed by atoms with Crippen molar-refractivity contribution in [3.05, 3.63) is 45.7 Å². The summed E-state index contributed by atoms with van der Waals surface area (Å²) in [6.45, 7) is 0. The maximum absolute atomic E-state index is 11.8. The number of hydrogen-bond acceptors (Lipinski definition) is 4. The Morgan fingerprint density at radius 1 is 1.35 bits per heavy atom. The van der Waals surface area contributed by atoms with Gasteiger partial charge in [0, 0.05) is 11.8 Å². The maximum atomic E-state index is 11.8. The minimum atomic E-state index is -0.336. The Bertz CT molecular complexity index is 546. The van der Waals surface area contributed by atoms with Gasteiger partial charge in [-0.2, -0.15) is 5.10 Å². The third-order valence-electron chi connectivity index (χ3n) is 2.02. The zero-order chi connectivity index (χ0) is 12.3. The number of hydrogen-bond donors (Lipinski definition) is 2. The van der Waals surface area contributed by atoms with Gasteiger partial charge in [0.2, 0.25) is 0 Å². The fraction of sp³-hybridized carbons (Fsp3) is 0. The van der Waals surface area contributed by atoms with E-state index in [1.54, 1.807) is 24.3 Å². The molecule has 1 amide bonds. The Balaban J connectivity index is 2.18. The fourth-order valence-electron chi connectivity index (χ4n) is 1.21. The molecule has 2 aromatic rings. The molecule has 6 heteroatoms. The molecule has 0 spiro atoms. The molecule has 0 aliphatic rings. The van der Waals surface area contributed by atoms with Crippen molar-refractivity contribution in [1.82, 2.24) is 10.2 Å². The van der Waals surface area contributed by atoms with E-state index in [9.17, 15) is 9.90 Å². The van der Waals surface area contributed by atoms with Crippen molar-refractivity contribution in [2.24, 2.45) is 0 Å². The van der Waals surface area contributed by atoms with Crippen LogP contribution in [0.1, 0.15) is 10.4 Å². The molecule has 0 bridgehead atoms. The molecule has 0 saturated carbocycles. The Kier molecular flexibility index (Phi) is 3.52.